The molecule has 1 aromatic carbocycles. The van der Waals surface area contributed by atoms with Crippen molar-refractivity contribution in [2.45, 2.75) is 18.4 Å². The average Bonchev–Trinajstić information content (AvgIpc) is 3.08. The van der Waals surface area contributed by atoms with Crippen molar-refractivity contribution in [3.05, 3.63) is 48.3 Å². The molecule has 17 heavy (non-hydrogen) atoms. The predicted molar refractivity (Wildman–Crippen MR) is 66.7 cm³/mol. The molecule has 1 saturated carbocycles. The number of nitrogens with zero attached hydrogens (tertiary/aromatic N) is 1. The lowest BCUT2D eigenvalue weighted by atomic mass is 10.1. The summed E-state index contributed by atoms with van der Waals surface area (Å²) in [5, 5.41) is 9.23. The first-order valence-electron chi connectivity index (χ1n) is 5.75. The van der Waals surface area contributed by atoms with Gasteiger partial charge in [0.15, 0.2) is 0 Å². The van der Waals surface area contributed by atoms with Gasteiger partial charge in [0, 0.05) is 29.4 Å². The number of rotatable bonds is 2. The summed E-state index contributed by atoms with van der Waals surface area (Å²) in [6, 6.07) is 11.5. The van der Waals surface area contributed by atoms with Gasteiger partial charge in [-0.15, -0.1) is 0 Å². The maximum atomic E-state index is 9.23. The van der Waals surface area contributed by atoms with Crippen LogP contribution in [0, 0.1) is 0 Å². The first-order chi connectivity index (χ1) is 8.24. The van der Waals surface area contributed by atoms with E-state index in [0.717, 1.165) is 23.2 Å². The van der Waals surface area contributed by atoms with Gasteiger partial charge >= 0.3 is 0 Å². The van der Waals surface area contributed by atoms with Crippen molar-refractivity contribution in [2.75, 3.05) is 0 Å². The Morgan fingerprint density at radius 1 is 1.06 bits per heavy atom. The molecular weight excluding hydrogens is 212 g/mol. The number of hydrogen-bond donors (Lipinski definition) is 2. The molecule has 3 rings (SSSR count). The summed E-state index contributed by atoms with van der Waals surface area (Å²) in [6.07, 6.45) is 2.91. The van der Waals surface area contributed by atoms with E-state index in [0.29, 0.717) is 12.0 Å². The first-order valence-corrected chi connectivity index (χ1v) is 5.75. The summed E-state index contributed by atoms with van der Waals surface area (Å²) < 4.78 is 0. The summed E-state index contributed by atoms with van der Waals surface area (Å²) in [5.74, 6) is 0.728. The van der Waals surface area contributed by atoms with Gasteiger partial charge in [0.05, 0.1) is 0 Å². The number of aromatic hydroxyl groups is 1. The number of phenols is 1. The summed E-state index contributed by atoms with van der Waals surface area (Å²) in [5.41, 5.74) is 9.00. The Hall–Kier alpha value is -1.87. The summed E-state index contributed by atoms with van der Waals surface area (Å²) in [4.78, 5) is 4.45. The van der Waals surface area contributed by atoms with Crippen molar-refractivity contribution in [3.8, 4) is 16.9 Å². The Kier molecular flexibility index (Phi) is 2.34. The van der Waals surface area contributed by atoms with E-state index in [1.54, 1.807) is 12.1 Å². The highest BCUT2D eigenvalue weighted by atomic mass is 16.3. The smallest absolute Gasteiger partial charge is 0.115 e. The van der Waals surface area contributed by atoms with Gasteiger partial charge in [-0.25, -0.2) is 0 Å². The number of nitrogens with two attached hydrogens (primary N) is 1. The SMILES string of the molecule is N[C@@H]1C[C@H]1c1ccc(-c2ccc(O)cc2)cn1. The van der Waals surface area contributed by atoms with Crippen molar-refractivity contribution in [3.63, 3.8) is 0 Å². The average molecular weight is 226 g/mol. The first kappa shape index (κ1) is 10.3. The number of aromatic nitrogens is 1. The van der Waals surface area contributed by atoms with Gasteiger partial charge in [-0.2, -0.15) is 0 Å². The molecule has 3 nitrogen and oxygen atoms in total. The van der Waals surface area contributed by atoms with Crippen molar-refractivity contribution >= 4 is 0 Å². The monoisotopic (exact) mass is 226 g/mol. The van der Waals surface area contributed by atoms with E-state index in [2.05, 4.69) is 11.1 Å². The van der Waals surface area contributed by atoms with Gasteiger partial charge in [-0.05, 0) is 30.2 Å². The molecule has 0 bridgehead atoms. The van der Waals surface area contributed by atoms with Crippen LogP contribution in [0.4, 0.5) is 0 Å². The normalized spacial score (nSPS) is 22.4. The highest BCUT2D eigenvalue weighted by molar-refractivity contribution is 5.63. The van der Waals surface area contributed by atoms with Gasteiger partial charge < -0.3 is 10.8 Å². The van der Waals surface area contributed by atoms with Crippen LogP contribution in [-0.2, 0) is 0 Å². The number of benzene rings is 1. The van der Waals surface area contributed by atoms with Gasteiger partial charge in [-0.3, -0.25) is 4.98 Å². The topological polar surface area (TPSA) is 59.1 Å². The van der Waals surface area contributed by atoms with Crippen LogP contribution in [0.25, 0.3) is 11.1 Å². The van der Waals surface area contributed by atoms with Crippen LogP contribution >= 0.6 is 0 Å². The zero-order chi connectivity index (χ0) is 11.8. The zero-order valence-electron chi connectivity index (χ0n) is 9.38. The summed E-state index contributed by atoms with van der Waals surface area (Å²) >= 11 is 0. The lowest BCUT2D eigenvalue weighted by Crippen LogP contribution is -2.01. The molecule has 86 valence electrons. The molecule has 3 N–H and O–H groups in total. The Balaban J connectivity index is 1.86. The second-order valence-electron chi connectivity index (χ2n) is 4.52. The van der Waals surface area contributed by atoms with Crippen LogP contribution in [0.15, 0.2) is 42.6 Å². The maximum Gasteiger partial charge on any atom is 0.115 e. The third kappa shape index (κ3) is 2.01. The third-order valence-electron chi connectivity index (χ3n) is 3.21. The van der Waals surface area contributed by atoms with Gasteiger partial charge in [0.2, 0.25) is 0 Å². The molecule has 1 aliphatic carbocycles. The Morgan fingerprint density at radius 3 is 2.24 bits per heavy atom. The van der Waals surface area contributed by atoms with E-state index in [1.807, 2.05) is 24.4 Å². The molecule has 1 aliphatic rings. The lowest BCUT2D eigenvalue weighted by Gasteiger charge is -2.03. The number of phenolic OH excluding ortho intramolecular Hbond substituents is 1. The second kappa shape index (κ2) is 3.86. The fourth-order valence-electron chi connectivity index (χ4n) is 2.00. The van der Waals surface area contributed by atoms with Crippen molar-refractivity contribution in [2.24, 2.45) is 5.73 Å². The van der Waals surface area contributed by atoms with Crippen LogP contribution in [0.1, 0.15) is 18.0 Å². The number of hydrogen-bond acceptors (Lipinski definition) is 3. The predicted octanol–water partition coefficient (Wildman–Crippen LogP) is 2.27. The van der Waals surface area contributed by atoms with Gasteiger partial charge in [0.1, 0.15) is 5.75 Å². The van der Waals surface area contributed by atoms with E-state index in [9.17, 15) is 5.11 Å². The molecule has 0 radical (unpaired) electrons. The van der Waals surface area contributed by atoms with E-state index in [1.165, 1.54) is 0 Å². The molecule has 0 aliphatic heterocycles. The minimum absolute atomic E-state index is 0.280. The highest BCUT2D eigenvalue weighted by Gasteiger charge is 2.35. The molecule has 2 aromatic rings. The maximum absolute atomic E-state index is 9.23. The second-order valence-corrected chi connectivity index (χ2v) is 4.52. The minimum atomic E-state index is 0.280. The van der Waals surface area contributed by atoms with Crippen molar-refractivity contribution < 1.29 is 5.11 Å². The standard InChI is InChI=1S/C14H14N2O/c15-13-7-12(13)14-6-3-10(8-16-14)9-1-4-11(17)5-2-9/h1-6,8,12-13,17H,7,15H2/t12-,13-/m1/s1. The Bertz CT molecular complexity index is 519. The van der Waals surface area contributed by atoms with E-state index >= 15 is 0 Å². The Labute approximate surface area is 99.9 Å². The fourth-order valence-corrected chi connectivity index (χ4v) is 2.00. The van der Waals surface area contributed by atoms with Gasteiger partial charge in [0.25, 0.3) is 0 Å². The molecule has 2 atom stereocenters. The summed E-state index contributed by atoms with van der Waals surface area (Å²) in [7, 11) is 0. The van der Waals surface area contributed by atoms with Crippen LogP contribution in [-0.4, -0.2) is 16.1 Å². The minimum Gasteiger partial charge on any atom is -0.508 e. The fraction of sp³-hybridized carbons (Fsp3) is 0.214. The molecular formula is C14H14N2O. The van der Waals surface area contributed by atoms with Crippen LogP contribution in [0.2, 0.25) is 0 Å². The quantitative estimate of drug-likeness (QED) is 0.825. The molecule has 0 spiro atoms. The van der Waals surface area contributed by atoms with Crippen LogP contribution < -0.4 is 5.73 Å². The highest BCUT2D eigenvalue weighted by Crippen LogP contribution is 2.38. The van der Waals surface area contributed by atoms with E-state index in [-0.39, 0.29) is 5.75 Å². The molecule has 0 saturated heterocycles. The third-order valence-corrected chi connectivity index (χ3v) is 3.21. The van der Waals surface area contributed by atoms with Crippen molar-refractivity contribution in [1.82, 2.24) is 4.98 Å². The zero-order valence-corrected chi connectivity index (χ0v) is 9.38. The van der Waals surface area contributed by atoms with Crippen LogP contribution in [0.5, 0.6) is 5.75 Å². The van der Waals surface area contributed by atoms with E-state index in [4.69, 9.17) is 5.73 Å². The summed E-state index contributed by atoms with van der Waals surface area (Å²) in [6.45, 7) is 0. The molecule has 1 fully saturated rings. The largest absolute Gasteiger partial charge is 0.508 e. The van der Waals surface area contributed by atoms with Crippen LogP contribution in [0.3, 0.4) is 0 Å². The van der Waals surface area contributed by atoms with Gasteiger partial charge in [-0.1, -0.05) is 18.2 Å². The Morgan fingerprint density at radius 2 is 1.71 bits per heavy atom. The lowest BCUT2D eigenvalue weighted by molar-refractivity contribution is 0.475. The van der Waals surface area contributed by atoms with Crippen molar-refractivity contribution in [1.29, 1.82) is 0 Å². The molecule has 1 aromatic heterocycles. The number of pyridine rings is 1. The van der Waals surface area contributed by atoms with E-state index < -0.39 is 0 Å². The molecule has 3 heteroatoms. The molecule has 0 amide bonds. The molecule has 0 unspecified atom stereocenters. The molecule has 1 heterocycles.